The summed E-state index contributed by atoms with van der Waals surface area (Å²) in [7, 11) is 0. The Morgan fingerprint density at radius 1 is 1.19 bits per heavy atom. The minimum atomic E-state index is -0.120. The van der Waals surface area contributed by atoms with Crippen LogP contribution in [0.5, 0.6) is 0 Å². The molecular weight excluding hydrogens is 288 g/mol. The third kappa shape index (κ3) is 2.85. The summed E-state index contributed by atoms with van der Waals surface area (Å²) in [5.41, 5.74) is 2.01. The van der Waals surface area contributed by atoms with Gasteiger partial charge in [-0.1, -0.05) is 38.4 Å². The number of nitrogens with zero attached hydrogens (tertiary/aromatic N) is 6. The van der Waals surface area contributed by atoms with Crippen molar-refractivity contribution < 1.29 is 0 Å². The summed E-state index contributed by atoms with van der Waals surface area (Å²) in [6.45, 7) is 6.64. The lowest BCUT2D eigenvalue weighted by Gasteiger charge is -2.14. The molecule has 0 aromatic carbocycles. The third-order valence-corrected chi connectivity index (χ3v) is 3.34. The molecule has 3 heterocycles. The van der Waals surface area contributed by atoms with E-state index in [1.807, 2.05) is 12.1 Å². The first kappa shape index (κ1) is 13.9. The summed E-state index contributed by atoms with van der Waals surface area (Å²) < 4.78 is 0. The lowest BCUT2D eigenvalue weighted by Crippen LogP contribution is -2.15. The highest BCUT2D eigenvalue weighted by molar-refractivity contribution is 6.30. The van der Waals surface area contributed by atoms with Crippen LogP contribution < -0.4 is 0 Å². The van der Waals surface area contributed by atoms with E-state index < -0.39 is 0 Å². The Morgan fingerprint density at radius 2 is 2.00 bits per heavy atom. The van der Waals surface area contributed by atoms with Crippen LogP contribution in [0.15, 0.2) is 24.5 Å². The molecule has 21 heavy (non-hydrogen) atoms. The van der Waals surface area contributed by atoms with Crippen LogP contribution in [0.25, 0.3) is 11.2 Å². The van der Waals surface area contributed by atoms with E-state index in [4.69, 9.17) is 11.6 Å². The minimum Gasteiger partial charge on any atom is -0.244 e. The average Bonchev–Trinajstić information content (AvgIpc) is 2.81. The van der Waals surface area contributed by atoms with Gasteiger partial charge in [-0.2, -0.15) is 4.80 Å². The predicted octanol–water partition coefficient (Wildman–Crippen LogP) is 2.62. The Balaban J connectivity index is 1.96. The van der Waals surface area contributed by atoms with E-state index in [-0.39, 0.29) is 5.41 Å². The molecule has 0 saturated heterocycles. The van der Waals surface area contributed by atoms with E-state index in [9.17, 15) is 0 Å². The molecule has 0 N–H and O–H groups in total. The van der Waals surface area contributed by atoms with E-state index in [1.165, 1.54) is 0 Å². The monoisotopic (exact) mass is 302 g/mol. The molecule has 0 saturated carbocycles. The van der Waals surface area contributed by atoms with Crippen LogP contribution >= 0.6 is 11.6 Å². The highest BCUT2D eigenvalue weighted by Crippen LogP contribution is 2.19. The summed E-state index contributed by atoms with van der Waals surface area (Å²) in [5, 5.41) is 9.22. The van der Waals surface area contributed by atoms with Crippen molar-refractivity contribution in [1.29, 1.82) is 0 Å². The minimum absolute atomic E-state index is 0.120. The fourth-order valence-electron chi connectivity index (χ4n) is 1.89. The number of hydrogen-bond donors (Lipinski definition) is 0. The Bertz CT molecular complexity index is 790. The molecule has 0 unspecified atom stereocenters. The van der Waals surface area contributed by atoms with Gasteiger partial charge >= 0.3 is 0 Å². The fraction of sp³-hybridized carbons (Fsp3) is 0.357. The molecular formula is C14H15ClN6. The second-order valence-corrected chi connectivity index (χ2v) is 6.19. The van der Waals surface area contributed by atoms with Crippen molar-refractivity contribution in [2.45, 2.75) is 32.7 Å². The first-order valence-corrected chi connectivity index (χ1v) is 6.99. The average molecular weight is 303 g/mol. The molecule has 0 aliphatic heterocycles. The molecule has 0 atom stereocenters. The largest absolute Gasteiger partial charge is 0.244 e. The van der Waals surface area contributed by atoms with Gasteiger partial charge in [0, 0.05) is 17.2 Å². The quantitative estimate of drug-likeness (QED) is 0.681. The maximum atomic E-state index is 6.05. The predicted molar refractivity (Wildman–Crippen MR) is 80.2 cm³/mol. The van der Waals surface area contributed by atoms with Crippen LogP contribution in [0.1, 0.15) is 32.2 Å². The van der Waals surface area contributed by atoms with Crippen molar-refractivity contribution in [3.8, 4) is 0 Å². The smallest absolute Gasteiger partial charge is 0.205 e. The van der Waals surface area contributed by atoms with Crippen molar-refractivity contribution in [3.05, 3.63) is 41.1 Å². The summed E-state index contributed by atoms with van der Waals surface area (Å²) >= 11 is 6.05. The van der Waals surface area contributed by atoms with Gasteiger partial charge < -0.3 is 0 Å². The third-order valence-electron chi connectivity index (χ3n) is 3.00. The van der Waals surface area contributed by atoms with Gasteiger partial charge in [0.15, 0.2) is 5.52 Å². The summed E-state index contributed by atoms with van der Waals surface area (Å²) in [5.74, 6) is 0.751. The lowest BCUT2D eigenvalue weighted by molar-refractivity contribution is 0.547. The van der Waals surface area contributed by atoms with Gasteiger partial charge in [0.2, 0.25) is 5.65 Å². The standard InChI is InChI=1S/C14H15ClN6/c1-14(2,3)13-17-7-10-12(18-13)20-21(19-10)8-9-5-4-6-16-11(9)15/h4-7H,8H2,1-3H3. The van der Waals surface area contributed by atoms with Crippen LogP contribution in [0.4, 0.5) is 0 Å². The molecule has 108 valence electrons. The van der Waals surface area contributed by atoms with E-state index in [1.54, 1.807) is 17.2 Å². The number of fused-ring (bicyclic) bond motifs is 1. The van der Waals surface area contributed by atoms with E-state index >= 15 is 0 Å². The number of pyridine rings is 1. The zero-order chi connectivity index (χ0) is 15.0. The molecule has 0 bridgehead atoms. The maximum absolute atomic E-state index is 6.05. The Hall–Kier alpha value is -2.08. The molecule has 0 aliphatic rings. The summed E-state index contributed by atoms with van der Waals surface area (Å²) in [6, 6.07) is 3.73. The first-order chi connectivity index (χ1) is 9.93. The zero-order valence-corrected chi connectivity index (χ0v) is 12.8. The van der Waals surface area contributed by atoms with Gasteiger partial charge in [0.25, 0.3) is 0 Å². The highest BCUT2D eigenvalue weighted by atomic mass is 35.5. The second-order valence-electron chi connectivity index (χ2n) is 5.84. The van der Waals surface area contributed by atoms with Gasteiger partial charge in [0.1, 0.15) is 11.0 Å². The van der Waals surface area contributed by atoms with E-state index in [0.29, 0.717) is 22.9 Å². The van der Waals surface area contributed by atoms with Crippen molar-refractivity contribution in [2.75, 3.05) is 0 Å². The number of halogens is 1. The van der Waals surface area contributed by atoms with Crippen molar-refractivity contribution in [1.82, 2.24) is 29.9 Å². The SMILES string of the molecule is CC(C)(C)c1ncc2nn(Cc3cccnc3Cl)nc2n1. The maximum Gasteiger partial charge on any atom is 0.205 e. The lowest BCUT2D eigenvalue weighted by atomic mass is 9.96. The molecule has 0 radical (unpaired) electrons. The molecule has 7 heteroatoms. The van der Waals surface area contributed by atoms with Crippen LogP contribution in [-0.4, -0.2) is 29.9 Å². The van der Waals surface area contributed by atoms with Crippen molar-refractivity contribution in [3.63, 3.8) is 0 Å². The molecule has 6 nitrogen and oxygen atoms in total. The molecule has 3 aromatic heterocycles. The Morgan fingerprint density at radius 3 is 2.71 bits per heavy atom. The van der Waals surface area contributed by atoms with Gasteiger partial charge in [0.05, 0.1) is 12.7 Å². The topological polar surface area (TPSA) is 69.4 Å². The van der Waals surface area contributed by atoms with Gasteiger partial charge in [-0.15, -0.1) is 10.2 Å². The molecule has 3 aromatic rings. The zero-order valence-electron chi connectivity index (χ0n) is 12.1. The Kier molecular flexibility index (Phi) is 3.33. The molecule has 3 rings (SSSR count). The summed E-state index contributed by atoms with van der Waals surface area (Å²) in [4.78, 5) is 14.4. The molecule has 0 spiro atoms. The molecule has 0 fully saturated rings. The van der Waals surface area contributed by atoms with Crippen LogP contribution in [0, 0.1) is 0 Å². The number of rotatable bonds is 2. The first-order valence-electron chi connectivity index (χ1n) is 6.61. The van der Waals surface area contributed by atoms with Crippen LogP contribution in [-0.2, 0) is 12.0 Å². The van der Waals surface area contributed by atoms with Gasteiger partial charge in [-0.05, 0) is 6.07 Å². The van der Waals surface area contributed by atoms with Crippen molar-refractivity contribution in [2.24, 2.45) is 0 Å². The number of hydrogen-bond acceptors (Lipinski definition) is 5. The number of aromatic nitrogens is 6. The van der Waals surface area contributed by atoms with Gasteiger partial charge in [-0.25, -0.2) is 15.0 Å². The normalized spacial score (nSPS) is 12.0. The van der Waals surface area contributed by atoms with E-state index in [2.05, 4.69) is 45.9 Å². The van der Waals surface area contributed by atoms with Crippen LogP contribution in [0.2, 0.25) is 5.15 Å². The molecule has 0 amide bonds. The highest BCUT2D eigenvalue weighted by Gasteiger charge is 2.19. The van der Waals surface area contributed by atoms with Crippen molar-refractivity contribution >= 4 is 22.8 Å². The van der Waals surface area contributed by atoms with Gasteiger partial charge in [-0.3, -0.25) is 0 Å². The van der Waals surface area contributed by atoms with Crippen LogP contribution in [0.3, 0.4) is 0 Å². The summed E-state index contributed by atoms with van der Waals surface area (Å²) in [6.07, 6.45) is 3.36. The fourth-order valence-corrected chi connectivity index (χ4v) is 2.07. The van der Waals surface area contributed by atoms with E-state index in [0.717, 1.165) is 11.4 Å². The Labute approximate surface area is 127 Å². The second kappa shape index (κ2) is 5.04. The molecule has 0 aliphatic carbocycles.